The molecule has 0 aliphatic rings. The van der Waals surface area contributed by atoms with Crippen LogP contribution in [0.25, 0.3) is 0 Å². The van der Waals surface area contributed by atoms with Crippen molar-refractivity contribution < 1.29 is 21.6 Å². The summed E-state index contributed by atoms with van der Waals surface area (Å²) in [5, 5.41) is 17.0. The first-order valence-corrected chi connectivity index (χ1v) is 15.3. The first-order valence-electron chi connectivity index (χ1n) is 13.2. The molecule has 43 heavy (non-hydrogen) atoms. The zero-order chi connectivity index (χ0) is 29.4. The van der Waals surface area contributed by atoms with E-state index in [1.165, 1.54) is 22.0 Å². The van der Waals surface area contributed by atoms with Gasteiger partial charge in [-0.25, -0.2) is 4.99 Å². The maximum Gasteiger partial charge on any atom is 2.00 e. The van der Waals surface area contributed by atoms with E-state index in [4.69, 9.17) is 23.2 Å². The molecule has 6 rings (SSSR count). The summed E-state index contributed by atoms with van der Waals surface area (Å²) in [5.74, 6) is -0.175. The fraction of sp³-hybridized carbons (Fsp3) is 0. The van der Waals surface area contributed by atoms with E-state index in [0.29, 0.717) is 21.1 Å². The molecule has 0 bridgehead atoms. The van der Waals surface area contributed by atoms with Gasteiger partial charge in [0.1, 0.15) is 5.69 Å². The predicted octanol–water partition coefficient (Wildman–Crippen LogP) is 8.23. The predicted molar refractivity (Wildman–Crippen MR) is 178 cm³/mol. The van der Waals surface area contributed by atoms with E-state index in [1.807, 2.05) is 30.3 Å². The van der Waals surface area contributed by atoms with Gasteiger partial charge < -0.3 is 5.11 Å². The number of nitrogens with zero attached hydrogens (tertiary/aromatic N) is 1. The number of rotatable bonds is 4. The first-order chi connectivity index (χ1) is 20.6. The minimum absolute atomic E-state index is 0. The van der Waals surface area contributed by atoms with Gasteiger partial charge in [0.2, 0.25) is 0 Å². The summed E-state index contributed by atoms with van der Waals surface area (Å²) in [5.41, 5.74) is 0.416. The monoisotopic (exact) mass is 661 g/mol. The molecule has 0 heterocycles. The molecule has 0 radical (unpaired) electrons. The standard InChI is InChI=1S/C18H15P.C13H9Cl2NO.C6H5.Ni/c1-4-10-16(11-5-1)19(17-12-6-2-7-13-17)18-14-8-3-9-15-18;14-9-5-4-6-10(15)13(9)16-11-7-2-1-3-8-12(11)17;1-2-4-6-5-3-1;/h1-15H;1-8H,(H,16,17);1-5H;/q;;-1;+2/p-1. The van der Waals surface area contributed by atoms with Gasteiger partial charge in [0.25, 0.3) is 0 Å². The molecule has 216 valence electrons. The first kappa shape index (κ1) is 33.8. The molecular formula is C37H28Cl2NNiOP. The van der Waals surface area contributed by atoms with Gasteiger partial charge in [-0.3, -0.25) is 0 Å². The summed E-state index contributed by atoms with van der Waals surface area (Å²) in [6.07, 6.45) is 0. The van der Waals surface area contributed by atoms with Gasteiger partial charge in [0.15, 0.2) is 0 Å². The third kappa shape index (κ3) is 10.8. The Balaban J connectivity index is 0.000000195. The van der Waals surface area contributed by atoms with E-state index in [0.717, 1.165) is 0 Å². The SMILES string of the molecule is [Ni+2].[O-]c1cccccc1=Nc1c(Cl)cccc1Cl.[c-]1ccccc1.c1ccc(P(c2ccccc2)c2ccccc2)cc1. The topological polar surface area (TPSA) is 35.4 Å². The van der Waals surface area contributed by atoms with Crippen molar-refractivity contribution in [2.24, 2.45) is 4.99 Å². The largest absolute Gasteiger partial charge is 2.00 e. The molecule has 0 amide bonds. The molecule has 2 nitrogen and oxygen atoms in total. The molecule has 6 heteroatoms. The maximum absolute atomic E-state index is 11.7. The van der Waals surface area contributed by atoms with Gasteiger partial charge in [-0.1, -0.05) is 150 Å². The van der Waals surface area contributed by atoms with Crippen LogP contribution in [0.3, 0.4) is 0 Å². The molecule has 0 saturated heterocycles. The van der Waals surface area contributed by atoms with E-state index >= 15 is 0 Å². The van der Waals surface area contributed by atoms with E-state index in [-0.39, 0.29) is 22.2 Å². The second kappa shape index (κ2) is 18.8. The van der Waals surface area contributed by atoms with Gasteiger partial charge in [0, 0.05) is 0 Å². The zero-order valence-electron chi connectivity index (χ0n) is 23.0. The van der Waals surface area contributed by atoms with Crippen LogP contribution in [0.2, 0.25) is 10.0 Å². The minimum atomic E-state index is -0.446. The van der Waals surface area contributed by atoms with E-state index in [1.54, 1.807) is 42.5 Å². The summed E-state index contributed by atoms with van der Waals surface area (Å²) < 4.78 is 0. The van der Waals surface area contributed by atoms with Crippen molar-refractivity contribution in [2.45, 2.75) is 0 Å². The van der Waals surface area contributed by atoms with Crippen LogP contribution in [0.4, 0.5) is 5.69 Å². The van der Waals surface area contributed by atoms with Crippen molar-refractivity contribution in [3.8, 4) is 5.75 Å². The molecule has 0 N–H and O–H groups in total. The number of para-hydroxylation sites is 1. The minimum Gasteiger partial charge on any atom is -0.871 e. The fourth-order valence-corrected chi connectivity index (χ4v) is 6.64. The number of halogens is 2. The van der Waals surface area contributed by atoms with Crippen molar-refractivity contribution in [2.75, 3.05) is 0 Å². The van der Waals surface area contributed by atoms with Crippen LogP contribution in [-0.2, 0) is 16.5 Å². The Kier molecular flexibility index (Phi) is 14.7. The number of hydrogen-bond donors (Lipinski definition) is 0. The second-order valence-corrected chi connectivity index (χ2v) is 11.8. The number of benzene rings is 5. The van der Waals surface area contributed by atoms with Crippen molar-refractivity contribution in [1.29, 1.82) is 0 Å². The third-order valence-corrected chi connectivity index (χ3v) is 8.85. The van der Waals surface area contributed by atoms with Gasteiger partial charge in [-0.05, 0) is 42.0 Å². The van der Waals surface area contributed by atoms with Gasteiger partial charge in [0.05, 0.1) is 15.4 Å². The molecule has 0 aliphatic heterocycles. The van der Waals surface area contributed by atoms with Gasteiger partial charge >= 0.3 is 16.5 Å². The molecule has 0 fully saturated rings. The Morgan fingerprint density at radius 2 is 0.884 bits per heavy atom. The van der Waals surface area contributed by atoms with Crippen LogP contribution in [0.1, 0.15) is 0 Å². The average molecular weight is 663 g/mol. The summed E-state index contributed by atoms with van der Waals surface area (Å²) >= 11 is 12.0. The Labute approximate surface area is 275 Å². The Morgan fingerprint density at radius 3 is 1.28 bits per heavy atom. The Morgan fingerprint density at radius 1 is 0.488 bits per heavy atom. The zero-order valence-corrected chi connectivity index (χ0v) is 26.4. The van der Waals surface area contributed by atoms with Crippen LogP contribution in [0, 0.1) is 6.07 Å². The molecular weight excluding hydrogens is 635 g/mol. The molecule has 0 aromatic heterocycles. The van der Waals surface area contributed by atoms with E-state index in [2.05, 4.69) is 102 Å². The average Bonchev–Trinajstić information content (AvgIpc) is 3.26. The smallest absolute Gasteiger partial charge is 0.871 e. The third-order valence-electron chi connectivity index (χ3n) is 5.80. The summed E-state index contributed by atoms with van der Waals surface area (Å²) in [7, 11) is -0.446. The Bertz CT molecular complexity index is 1570. The van der Waals surface area contributed by atoms with Crippen molar-refractivity contribution in [3.05, 3.63) is 191 Å². The molecule has 6 aromatic rings. The number of hydrogen-bond acceptors (Lipinski definition) is 2. The van der Waals surface area contributed by atoms with Crippen molar-refractivity contribution >= 4 is 52.7 Å². The van der Waals surface area contributed by atoms with Crippen LogP contribution >= 0.6 is 31.1 Å². The summed E-state index contributed by atoms with van der Waals surface area (Å²) in [4.78, 5) is 4.20. The fourth-order valence-electron chi connectivity index (χ4n) is 3.85. The Hall–Kier alpha value is -3.71. The summed E-state index contributed by atoms with van der Waals surface area (Å²) in [6, 6.07) is 58.2. The normalized spacial score (nSPS) is 10.3. The van der Waals surface area contributed by atoms with Crippen LogP contribution in [0.15, 0.2) is 175 Å². The van der Waals surface area contributed by atoms with E-state index in [9.17, 15) is 5.11 Å². The van der Waals surface area contributed by atoms with E-state index < -0.39 is 7.92 Å². The maximum atomic E-state index is 11.7. The van der Waals surface area contributed by atoms with Crippen LogP contribution in [0.5, 0.6) is 5.75 Å². The van der Waals surface area contributed by atoms with Gasteiger partial charge in [-0.2, -0.15) is 36.4 Å². The molecule has 6 aromatic carbocycles. The van der Waals surface area contributed by atoms with Crippen molar-refractivity contribution in [1.82, 2.24) is 0 Å². The van der Waals surface area contributed by atoms with Crippen molar-refractivity contribution in [3.63, 3.8) is 0 Å². The molecule has 0 unspecified atom stereocenters. The quantitative estimate of drug-likeness (QED) is 0.106. The van der Waals surface area contributed by atoms with Crippen LogP contribution < -0.4 is 26.4 Å². The summed E-state index contributed by atoms with van der Waals surface area (Å²) in [6.45, 7) is 0. The molecule has 0 saturated carbocycles. The molecule has 0 spiro atoms. The second-order valence-electron chi connectivity index (χ2n) is 8.76. The molecule has 0 atom stereocenters. The molecule has 0 aliphatic carbocycles. The van der Waals surface area contributed by atoms with Crippen LogP contribution in [-0.4, -0.2) is 0 Å². The van der Waals surface area contributed by atoms with Gasteiger partial charge in [-0.15, -0.1) is 0 Å².